The SMILES string of the molecule is COc1ccc2nc(CCl)n(CCc3ccc(Br)s3)c2n1. The van der Waals surface area contributed by atoms with E-state index in [4.69, 9.17) is 16.3 Å². The van der Waals surface area contributed by atoms with Crippen LogP contribution in [0.2, 0.25) is 0 Å². The van der Waals surface area contributed by atoms with E-state index < -0.39 is 0 Å². The third-order valence-corrected chi connectivity index (χ3v) is 5.11. The van der Waals surface area contributed by atoms with Crippen molar-refractivity contribution in [2.75, 3.05) is 7.11 Å². The lowest BCUT2D eigenvalue weighted by Gasteiger charge is -2.06. The van der Waals surface area contributed by atoms with Gasteiger partial charge in [-0.1, -0.05) is 0 Å². The van der Waals surface area contributed by atoms with Crippen LogP contribution in [0.4, 0.5) is 0 Å². The van der Waals surface area contributed by atoms with Crippen molar-refractivity contribution in [1.29, 1.82) is 0 Å². The van der Waals surface area contributed by atoms with E-state index in [1.165, 1.54) is 4.88 Å². The molecular weight excluding hydrogens is 374 g/mol. The first-order chi connectivity index (χ1) is 10.2. The molecule has 110 valence electrons. The Balaban J connectivity index is 1.94. The van der Waals surface area contributed by atoms with Crippen molar-refractivity contribution in [2.24, 2.45) is 0 Å². The van der Waals surface area contributed by atoms with Crippen LogP contribution in [0.15, 0.2) is 28.1 Å². The number of hydrogen-bond acceptors (Lipinski definition) is 4. The molecule has 7 heteroatoms. The maximum absolute atomic E-state index is 6.02. The van der Waals surface area contributed by atoms with Gasteiger partial charge in [-0.2, -0.15) is 4.98 Å². The third-order valence-electron chi connectivity index (χ3n) is 3.19. The van der Waals surface area contributed by atoms with Gasteiger partial charge in [-0.15, -0.1) is 22.9 Å². The molecule has 21 heavy (non-hydrogen) atoms. The number of aryl methyl sites for hydroxylation is 2. The minimum atomic E-state index is 0.368. The number of hydrogen-bond donors (Lipinski definition) is 0. The van der Waals surface area contributed by atoms with Crippen molar-refractivity contribution in [3.63, 3.8) is 0 Å². The average Bonchev–Trinajstić information content (AvgIpc) is 3.07. The number of rotatable bonds is 5. The first-order valence-electron chi connectivity index (χ1n) is 6.41. The fraction of sp³-hybridized carbons (Fsp3) is 0.286. The Morgan fingerprint density at radius 3 is 2.81 bits per heavy atom. The van der Waals surface area contributed by atoms with Crippen LogP contribution in [0, 0.1) is 0 Å². The Hall–Kier alpha value is -1.11. The Morgan fingerprint density at radius 2 is 2.14 bits per heavy atom. The van der Waals surface area contributed by atoms with Crippen molar-refractivity contribution in [1.82, 2.24) is 14.5 Å². The Kier molecular flexibility index (Phi) is 4.47. The highest BCUT2D eigenvalue weighted by Gasteiger charge is 2.12. The Bertz CT molecular complexity index is 771. The van der Waals surface area contributed by atoms with Crippen molar-refractivity contribution >= 4 is 50.0 Å². The quantitative estimate of drug-likeness (QED) is 0.616. The van der Waals surface area contributed by atoms with Crippen molar-refractivity contribution in [2.45, 2.75) is 18.8 Å². The van der Waals surface area contributed by atoms with Crippen LogP contribution in [0.1, 0.15) is 10.7 Å². The van der Waals surface area contributed by atoms with Gasteiger partial charge in [0, 0.05) is 17.5 Å². The van der Waals surface area contributed by atoms with E-state index in [-0.39, 0.29) is 0 Å². The molecule has 0 amide bonds. The number of halogens is 2. The molecule has 0 bridgehead atoms. The van der Waals surface area contributed by atoms with Gasteiger partial charge < -0.3 is 9.30 Å². The van der Waals surface area contributed by atoms with E-state index in [2.05, 4.69) is 42.6 Å². The monoisotopic (exact) mass is 385 g/mol. The van der Waals surface area contributed by atoms with Crippen LogP contribution in [0.25, 0.3) is 11.2 Å². The molecule has 0 aliphatic carbocycles. The van der Waals surface area contributed by atoms with Gasteiger partial charge in [0.25, 0.3) is 0 Å². The van der Waals surface area contributed by atoms with Gasteiger partial charge in [0.1, 0.15) is 11.3 Å². The van der Waals surface area contributed by atoms with Gasteiger partial charge in [0.05, 0.1) is 16.8 Å². The lowest BCUT2D eigenvalue weighted by molar-refractivity contribution is 0.399. The molecule has 3 rings (SSSR count). The largest absolute Gasteiger partial charge is 0.481 e. The van der Waals surface area contributed by atoms with Crippen LogP contribution in [-0.4, -0.2) is 21.6 Å². The second-order valence-corrected chi connectivity index (χ2v) is 7.28. The van der Waals surface area contributed by atoms with Crippen molar-refractivity contribution in [3.05, 3.63) is 38.8 Å². The molecule has 0 unspecified atom stereocenters. The number of ether oxygens (including phenoxy) is 1. The lowest BCUT2D eigenvalue weighted by Crippen LogP contribution is -2.05. The number of imidazole rings is 1. The maximum atomic E-state index is 6.02. The maximum Gasteiger partial charge on any atom is 0.215 e. The fourth-order valence-electron chi connectivity index (χ4n) is 2.19. The number of alkyl halides is 1. The van der Waals surface area contributed by atoms with E-state index in [9.17, 15) is 0 Å². The van der Waals surface area contributed by atoms with Crippen molar-refractivity contribution < 1.29 is 4.74 Å². The van der Waals surface area contributed by atoms with E-state index in [1.807, 2.05) is 12.1 Å². The summed E-state index contributed by atoms with van der Waals surface area (Å²) in [7, 11) is 1.61. The van der Waals surface area contributed by atoms with Gasteiger partial charge in [0.2, 0.25) is 5.88 Å². The van der Waals surface area contributed by atoms with Crippen LogP contribution in [0.3, 0.4) is 0 Å². The minimum absolute atomic E-state index is 0.368. The first kappa shape index (κ1) is 14.8. The van der Waals surface area contributed by atoms with Crippen LogP contribution in [0.5, 0.6) is 5.88 Å². The molecule has 0 saturated carbocycles. The minimum Gasteiger partial charge on any atom is -0.481 e. The molecule has 0 aliphatic rings. The highest BCUT2D eigenvalue weighted by Crippen LogP contribution is 2.24. The third kappa shape index (κ3) is 3.07. The molecule has 3 heterocycles. The number of pyridine rings is 1. The fourth-order valence-corrected chi connectivity index (χ4v) is 3.87. The second kappa shape index (κ2) is 6.34. The number of nitrogens with zero attached hydrogens (tertiary/aromatic N) is 3. The summed E-state index contributed by atoms with van der Waals surface area (Å²) in [6.45, 7) is 0.797. The predicted octanol–water partition coefficient (Wildman–Crippen LogP) is 4.25. The summed E-state index contributed by atoms with van der Waals surface area (Å²) in [6, 6.07) is 7.92. The molecule has 0 atom stereocenters. The zero-order valence-corrected chi connectivity index (χ0v) is 14.5. The summed E-state index contributed by atoms with van der Waals surface area (Å²) in [4.78, 5) is 10.3. The molecule has 4 nitrogen and oxygen atoms in total. The molecule has 0 fully saturated rings. The highest BCUT2D eigenvalue weighted by molar-refractivity contribution is 9.11. The van der Waals surface area contributed by atoms with E-state index in [0.717, 1.165) is 33.7 Å². The molecule has 0 N–H and O–H groups in total. The molecular formula is C14H13BrClN3OS. The van der Waals surface area contributed by atoms with Crippen LogP contribution >= 0.6 is 38.9 Å². The molecule has 0 aromatic carbocycles. The summed E-state index contributed by atoms with van der Waals surface area (Å²) >= 11 is 11.2. The van der Waals surface area contributed by atoms with E-state index in [0.29, 0.717) is 11.8 Å². The number of thiophene rings is 1. The summed E-state index contributed by atoms with van der Waals surface area (Å²) < 4.78 is 8.41. The molecule has 0 radical (unpaired) electrons. The number of methoxy groups -OCH3 is 1. The number of aromatic nitrogens is 3. The summed E-state index contributed by atoms with van der Waals surface area (Å²) in [5.41, 5.74) is 1.67. The van der Waals surface area contributed by atoms with E-state index in [1.54, 1.807) is 18.4 Å². The average molecular weight is 387 g/mol. The zero-order chi connectivity index (χ0) is 14.8. The second-order valence-electron chi connectivity index (χ2n) is 4.47. The van der Waals surface area contributed by atoms with Gasteiger partial charge in [-0.05, 0) is 40.5 Å². The summed E-state index contributed by atoms with van der Waals surface area (Å²) in [5.74, 6) is 1.79. The van der Waals surface area contributed by atoms with Gasteiger partial charge in [-0.3, -0.25) is 0 Å². The van der Waals surface area contributed by atoms with Gasteiger partial charge in [-0.25, -0.2) is 4.98 Å². The van der Waals surface area contributed by atoms with E-state index >= 15 is 0 Å². The Labute approximate surface area is 139 Å². The molecule has 0 spiro atoms. The molecule has 0 aliphatic heterocycles. The standard InChI is InChI=1S/C14H13BrClN3OS/c1-20-13-5-3-10-14(18-13)19(12(8-16)17-10)7-6-9-2-4-11(15)21-9/h2-5H,6-8H2,1H3. The first-order valence-corrected chi connectivity index (χ1v) is 8.56. The van der Waals surface area contributed by atoms with Crippen LogP contribution < -0.4 is 4.74 Å². The van der Waals surface area contributed by atoms with Crippen molar-refractivity contribution in [3.8, 4) is 5.88 Å². The number of fused-ring (bicyclic) bond motifs is 1. The van der Waals surface area contributed by atoms with Gasteiger partial charge >= 0.3 is 0 Å². The lowest BCUT2D eigenvalue weighted by atomic mass is 10.3. The predicted molar refractivity (Wildman–Crippen MR) is 89.4 cm³/mol. The summed E-state index contributed by atoms with van der Waals surface area (Å²) in [6.07, 6.45) is 0.921. The topological polar surface area (TPSA) is 39.9 Å². The summed E-state index contributed by atoms with van der Waals surface area (Å²) in [5, 5.41) is 0. The molecule has 0 saturated heterocycles. The van der Waals surface area contributed by atoms with Crippen LogP contribution in [-0.2, 0) is 18.8 Å². The zero-order valence-electron chi connectivity index (χ0n) is 11.3. The molecule has 3 aromatic heterocycles. The van der Waals surface area contributed by atoms with Gasteiger partial charge in [0.15, 0.2) is 5.65 Å². The molecule has 3 aromatic rings. The Morgan fingerprint density at radius 1 is 1.29 bits per heavy atom. The highest BCUT2D eigenvalue weighted by atomic mass is 79.9. The normalized spacial score (nSPS) is 11.2. The smallest absolute Gasteiger partial charge is 0.215 e.